The molecule has 0 saturated carbocycles. The van der Waals surface area contributed by atoms with Gasteiger partial charge in [-0.15, -0.1) is 22.7 Å². The largest absolute Gasteiger partial charge is 0.309 e. The quantitative estimate of drug-likeness (QED) is 0.167. The Labute approximate surface area is 369 Å². The molecule has 294 valence electrons. The molecule has 13 aromatic rings. The van der Waals surface area contributed by atoms with Crippen LogP contribution in [0, 0.1) is 0 Å². The molecule has 0 unspecified atom stereocenters. The summed E-state index contributed by atoms with van der Waals surface area (Å²) in [6, 6.07) is 67.8. The second-order valence-electron chi connectivity index (χ2n) is 15.6. The lowest BCUT2D eigenvalue weighted by atomic mass is 10.0. The topological polar surface area (TPSA) is 69.4 Å². The van der Waals surface area contributed by atoms with Gasteiger partial charge in [0.25, 0.3) is 0 Å². The van der Waals surface area contributed by atoms with E-state index in [0.29, 0.717) is 23.3 Å². The SMILES string of the molecule is c1ccc(-c2nc(-c3ccccc3)nc(-c3cccc4sc5cccc(-c6nc(-c7ccc8c9ccccc9n(-c9ccccc9)c8c7)c7sc8ccccc8c7n6)c5c34)n2)cc1. The van der Waals surface area contributed by atoms with Crippen molar-refractivity contribution in [3.8, 4) is 62.5 Å². The van der Waals surface area contributed by atoms with Gasteiger partial charge in [0, 0.05) is 74.5 Å². The fourth-order valence-corrected chi connectivity index (χ4v) is 11.4. The van der Waals surface area contributed by atoms with Gasteiger partial charge in [0.1, 0.15) is 0 Å². The number of para-hydroxylation sites is 2. The first-order valence-corrected chi connectivity index (χ1v) is 22.5. The van der Waals surface area contributed by atoms with Crippen molar-refractivity contribution >= 4 is 85.0 Å². The van der Waals surface area contributed by atoms with Crippen LogP contribution in [0.2, 0.25) is 0 Å². The van der Waals surface area contributed by atoms with Crippen LogP contribution in [0.1, 0.15) is 0 Å². The minimum Gasteiger partial charge on any atom is -0.309 e. The Morgan fingerprint density at radius 3 is 1.57 bits per heavy atom. The minimum absolute atomic E-state index is 0.616. The predicted octanol–water partition coefficient (Wildman–Crippen LogP) is 14.8. The molecule has 0 N–H and O–H groups in total. The zero-order valence-electron chi connectivity index (χ0n) is 33.5. The van der Waals surface area contributed by atoms with E-state index in [0.717, 1.165) is 80.5 Å². The van der Waals surface area contributed by atoms with Gasteiger partial charge < -0.3 is 4.57 Å². The van der Waals surface area contributed by atoms with E-state index in [-0.39, 0.29) is 0 Å². The zero-order valence-corrected chi connectivity index (χ0v) is 35.1. The Morgan fingerprint density at radius 1 is 0.349 bits per heavy atom. The molecule has 0 aliphatic rings. The molecule has 0 fully saturated rings. The van der Waals surface area contributed by atoms with E-state index in [1.807, 2.05) is 60.7 Å². The molecule has 13 rings (SSSR count). The monoisotopic (exact) mass is 840 g/mol. The van der Waals surface area contributed by atoms with Gasteiger partial charge in [0.15, 0.2) is 23.3 Å². The highest BCUT2D eigenvalue weighted by molar-refractivity contribution is 7.26. The van der Waals surface area contributed by atoms with Crippen molar-refractivity contribution in [2.45, 2.75) is 0 Å². The van der Waals surface area contributed by atoms with Crippen LogP contribution in [0.3, 0.4) is 0 Å². The van der Waals surface area contributed by atoms with Gasteiger partial charge in [-0.2, -0.15) is 0 Å². The molecule has 0 bridgehead atoms. The van der Waals surface area contributed by atoms with Gasteiger partial charge in [-0.1, -0.05) is 152 Å². The van der Waals surface area contributed by atoms with Gasteiger partial charge in [-0.25, -0.2) is 24.9 Å². The molecule has 0 amide bonds. The summed E-state index contributed by atoms with van der Waals surface area (Å²) in [6.07, 6.45) is 0. The van der Waals surface area contributed by atoms with Crippen molar-refractivity contribution in [1.29, 1.82) is 0 Å². The van der Waals surface area contributed by atoms with E-state index in [1.165, 1.54) is 21.0 Å². The lowest BCUT2D eigenvalue weighted by molar-refractivity contribution is 1.08. The molecule has 0 atom stereocenters. The number of benzene rings is 8. The van der Waals surface area contributed by atoms with E-state index in [2.05, 4.69) is 138 Å². The van der Waals surface area contributed by atoms with Crippen molar-refractivity contribution in [2.24, 2.45) is 0 Å². The third-order valence-corrected chi connectivity index (χ3v) is 14.2. The standard InChI is InChI=1S/C55H32N6S2/c1-4-16-33(17-5-1)52-58-53(34-18-6-2-7-19-34)60-55(59-52)41-25-15-29-46-48(41)47-40(24-14-28-45(47)62-46)54-56-49(51-50(57-54)39-23-11-13-27-44(39)63-51)35-30-31-38-37-22-10-12-26-42(37)61(43(38)32-35)36-20-8-3-9-21-36/h1-32H. The number of hydrogen-bond acceptors (Lipinski definition) is 7. The Hall–Kier alpha value is -7.91. The molecular formula is C55H32N6S2. The summed E-state index contributed by atoms with van der Waals surface area (Å²) >= 11 is 3.52. The van der Waals surface area contributed by atoms with Crippen molar-refractivity contribution in [2.75, 3.05) is 0 Å². The highest BCUT2D eigenvalue weighted by Crippen LogP contribution is 2.46. The van der Waals surface area contributed by atoms with E-state index in [4.69, 9.17) is 24.9 Å². The maximum atomic E-state index is 5.60. The minimum atomic E-state index is 0.616. The van der Waals surface area contributed by atoms with Gasteiger partial charge in [-0.05, 0) is 42.5 Å². The summed E-state index contributed by atoms with van der Waals surface area (Å²) in [5, 5.41) is 5.70. The first-order valence-electron chi connectivity index (χ1n) is 20.8. The highest BCUT2D eigenvalue weighted by Gasteiger charge is 2.23. The van der Waals surface area contributed by atoms with Crippen molar-refractivity contribution in [1.82, 2.24) is 29.5 Å². The summed E-state index contributed by atoms with van der Waals surface area (Å²) in [4.78, 5) is 26.4. The number of aromatic nitrogens is 6. The van der Waals surface area contributed by atoms with E-state index < -0.39 is 0 Å². The van der Waals surface area contributed by atoms with Crippen LogP contribution in [0.4, 0.5) is 0 Å². The molecule has 6 nitrogen and oxygen atoms in total. The van der Waals surface area contributed by atoms with Gasteiger partial charge >= 0.3 is 0 Å². The number of rotatable bonds is 6. The van der Waals surface area contributed by atoms with Gasteiger partial charge in [-0.3, -0.25) is 0 Å². The van der Waals surface area contributed by atoms with Crippen LogP contribution in [-0.2, 0) is 0 Å². The normalized spacial score (nSPS) is 11.8. The Kier molecular flexibility index (Phi) is 8.15. The third-order valence-electron chi connectivity index (χ3n) is 11.9. The van der Waals surface area contributed by atoms with Gasteiger partial charge in [0.05, 0.1) is 26.9 Å². The summed E-state index contributed by atoms with van der Waals surface area (Å²) < 4.78 is 6.89. The van der Waals surface area contributed by atoms with Crippen LogP contribution in [0.5, 0.6) is 0 Å². The Balaban J connectivity index is 1.07. The molecule has 0 spiro atoms. The van der Waals surface area contributed by atoms with Crippen molar-refractivity contribution in [3.05, 3.63) is 194 Å². The van der Waals surface area contributed by atoms with Crippen LogP contribution in [0.15, 0.2) is 194 Å². The van der Waals surface area contributed by atoms with E-state index in [1.54, 1.807) is 22.7 Å². The number of nitrogens with zero attached hydrogens (tertiary/aromatic N) is 6. The highest BCUT2D eigenvalue weighted by atomic mass is 32.1. The van der Waals surface area contributed by atoms with Crippen molar-refractivity contribution < 1.29 is 0 Å². The first-order chi connectivity index (χ1) is 31.2. The molecular weight excluding hydrogens is 809 g/mol. The molecule has 0 radical (unpaired) electrons. The Bertz CT molecular complexity index is 3850. The number of fused-ring (bicyclic) bond motifs is 9. The second-order valence-corrected chi connectivity index (χ2v) is 17.7. The first kappa shape index (κ1) is 35.8. The van der Waals surface area contributed by atoms with Crippen LogP contribution >= 0.6 is 22.7 Å². The summed E-state index contributed by atoms with van der Waals surface area (Å²) in [7, 11) is 0. The molecule has 0 aliphatic heterocycles. The smallest absolute Gasteiger partial charge is 0.164 e. The van der Waals surface area contributed by atoms with Gasteiger partial charge in [0.2, 0.25) is 0 Å². The molecule has 5 aromatic heterocycles. The summed E-state index contributed by atoms with van der Waals surface area (Å²) in [5.41, 5.74) is 10.1. The Morgan fingerprint density at radius 2 is 0.889 bits per heavy atom. The van der Waals surface area contributed by atoms with Crippen LogP contribution in [0.25, 0.3) is 125 Å². The van der Waals surface area contributed by atoms with Crippen LogP contribution < -0.4 is 0 Å². The fourth-order valence-electron chi connectivity index (χ4n) is 9.05. The summed E-state index contributed by atoms with van der Waals surface area (Å²) in [5.74, 6) is 2.55. The molecule has 8 heteroatoms. The zero-order chi connectivity index (χ0) is 41.4. The maximum absolute atomic E-state index is 5.60. The fraction of sp³-hybridized carbons (Fsp3) is 0. The average Bonchev–Trinajstić information content (AvgIpc) is 4.04. The predicted molar refractivity (Wildman–Crippen MR) is 263 cm³/mol. The van der Waals surface area contributed by atoms with Crippen LogP contribution in [-0.4, -0.2) is 29.5 Å². The molecule has 63 heavy (non-hydrogen) atoms. The lowest BCUT2D eigenvalue weighted by Crippen LogP contribution is -2.00. The number of hydrogen-bond donors (Lipinski definition) is 0. The third kappa shape index (κ3) is 5.80. The lowest BCUT2D eigenvalue weighted by Gasteiger charge is -2.12. The molecule has 0 aliphatic carbocycles. The summed E-state index contributed by atoms with van der Waals surface area (Å²) in [6.45, 7) is 0. The number of thiophene rings is 2. The molecule has 5 heterocycles. The molecule has 8 aromatic carbocycles. The van der Waals surface area contributed by atoms with E-state index >= 15 is 0 Å². The van der Waals surface area contributed by atoms with E-state index in [9.17, 15) is 0 Å². The maximum Gasteiger partial charge on any atom is 0.164 e. The van der Waals surface area contributed by atoms with Crippen molar-refractivity contribution in [3.63, 3.8) is 0 Å². The average molecular weight is 841 g/mol. The second kappa shape index (κ2) is 14.3. The molecule has 0 saturated heterocycles.